The van der Waals surface area contributed by atoms with E-state index in [4.69, 9.17) is 0 Å². The number of benzene rings is 10. The molecule has 1 heterocycles. The van der Waals surface area contributed by atoms with Crippen LogP contribution in [0.3, 0.4) is 0 Å². The van der Waals surface area contributed by atoms with Gasteiger partial charge in [0.05, 0.1) is 27.2 Å². The quantitative estimate of drug-likeness (QED) is 0.155. The van der Waals surface area contributed by atoms with Crippen molar-refractivity contribution in [2.24, 2.45) is 0 Å². The Kier molecular flexibility index (Phi) is 8.33. The van der Waals surface area contributed by atoms with E-state index in [0.717, 1.165) is 17.1 Å². The monoisotopic (exact) mass is 793 g/mol. The van der Waals surface area contributed by atoms with Gasteiger partial charge in [0.1, 0.15) is 0 Å². The molecule has 0 aliphatic heterocycles. The molecular formula is C59H39NS. The highest BCUT2D eigenvalue weighted by atomic mass is 32.1. The van der Waals surface area contributed by atoms with Crippen molar-refractivity contribution in [1.29, 1.82) is 0 Å². The molecule has 0 spiro atoms. The van der Waals surface area contributed by atoms with E-state index in [1.54, 1.807) is 0 Å². The predicted molar refractivity (Wildman–Crippen MR) is 260 cm³/mol. The molecule has 2 heteroatoms. The molecule has 0 atom stereocenters. The van der Waals surface area contributed by atoms with Crippen molar-refractivity contribution in [2.75, 3.05) is 4.90 Å². The highest BCUT2D eigenvalue weighted by Gasteiger charge is 2.47. The molecule has 0 saturated carbocycles. The van der Waals surface area contributed by atoms with Gasteiger partial charge in [0.15, 0.2) is 0 Å². The van der Waals surface area contributed by atoms with Crippen LogP contribution in [0.15, 0.2) is 237 Å². The number of anilines is 3. The van der Waals surface area contributed by atoms with Gasteiger partial charge in [-0.05, 0) is 85.6 Å². The van der Waals surface area contributed by atoms with E-state index >= 15 is 0 Å². The summed E-state index contributed by atoms with van der Waals surface area (Å²) in [5.74, 6) is 0. The Balaban J connectivity index is 1.19. The minimum atomic E-state index is -0.526. The van der Waals surface area contributed by atoms with Gasteiger partial charge in [-0.25, -0.2) is 0 Å². The molecule has 286 valence electrons. The average Bonchev–Trinajstić information content (AvgIpc) is 3.88. The van der Waals surface area contributed by atoms with Gasteiger partial charge in [-0.1, -0.05) is 206 Å². The zero-order chi connectivity index (χ0) is 40.3. The molecule has 1 aromatic heterocycles. The van der Waals surface area contributed by atoms with Gasteiger partial charge in [0.2, 0.25) is 0 Å². The fraction of sp³-hybridized carbons (Fsp3) is 0.0169. The maximum absolute atomic E-state index is 2.58. The molecule has 1 aliphatic carbocycles. The zero-order valence-corrected chi connectivity index (χ0v) is 34.2. The van der Waals surface area contributed by atoms with Gasteiger partial charge in [-0.15, -0.1) is 11.3 Å². The number of nitrogens with zero attached hydrogens (tertiary/aromatic N) is 1. The largest absolute Gasteiger partial charge is 0.308 e. The lowest BCUT2D eigenvalue weighted by Crippen LogP contribution is -2.28. The van der Waals surface area contributed by atoms with Crippen molar-refractivity contribution in [2.45, 2.75) is 5.41 Å². The Labute approximate surface area is 360 Å². The Morgan fingerprint density at radius 2 is 0.934 bits per heavy atom. The van der Waals surface area contributed by atoms with Gasteiger partial charge in [0.25, 0.3) is 0 Å². The Hall–Kier alpha value is -7.52. The Morgan fingerprint density at radius 1 is 0.361 bits per heavy atom. The lowest BCUT2D eigenvalue weighted by molar-refractivity contribution is 0.768. The van der Waals surface area contributed by atoms with Crippen LogP contribution < -0.4 is 4.90 Å². The van der Waals surface area contributed by atoms with Crippen LogP contribution in [0.5, 0.6) is 0 Å². The second-order valence-electron chi connectivity index (χ2n) is 15.9. The number of hydrogen-bond donors (Lipinski definition) is 0. The van der Waals surface area contributed by atoms with Crippen LogP contribution in [0.2, 0.25) is 0 Å². The maximum atomic E-state index is 2.58. The Morgan fingerprint density at radius 3 is 1.72 bits per heavy atom. The van der Waals surface area contributed by atoms with E-state index in [-0.39, 0.29) is 0 Å². The molecule has 0 saturated heterocycles. The number of fused-ring (bicyclic) bond motifs is 7. The lowest BCUT2D eigenvalue weighted by Gasteiger charge is -2.34. The first-order valence-corrected chi connectivity index (χ1v) is 21.8. The molecule has 0 radical (unpaired) electrons. The van der Waals surface area contributed by atoms with E-state index in [0.29, 0.717) is 0 Å². The third-order valence-electron chi connectivity index (χ3n) is 12.7. The van der Waals surface area contributed by atoms with Crippen LogP contribution in [0.25, 0.3) is 64.3 Å². The topological polar surface area (TPSA) is 3.24 Å². The van der Waals surface area contributed by atoms with Crippen molar-refractivity contribution in [3.05, 3.63) is 259 Å². The summed E-state index contributed by atoms with van der Waals surface area (Å²) in [6, 6.07) is 87.3. The number of hydrogen-bond acceptors (Lipinski definition) is 2. The first-order chi connectivity index (χ1) is 30.3. The first kappa shape index (κ1) is 35.4. The van der Waals surface area contributed by atoms with Crippen molar-refractivity contribution in [3.8, 4) is 33.4 Å². The first-order valence-electron chi connectivity index (χ1n) is 21.0. The van der Waals surface area contributed by atoms with Gasteiger partial charge in [-0.3, -0.25) is 0 Å². The molecule has 0 bridgehead atoms. The SMILES string of the molecule is c1ccc(-c2cccc3sc4c(N(c5ccccc5-c5ccc6ccccc6c5)c5cccc6c5-c5ccccc5C6(c5ccccc5)c5ccccc5)cccc4c23)cc1. The van der Waals surface area contributed by atoms with E-state index in [9.17, 15) is 0 Å². The van der Waals surface area contributed by atoms with Gasteiger partial charge in [-0.2, -0.15) is 0 Å². The molecule has 0 unspecified atom stereocenters. The molecular weight excluding hydrogens is 755 g/mol. The number of rotatable bonds is 7. The van der Waals surface area contributed by atoms with Gasteiger partial charge >= 0.3 is 0 Å². The minimum Gasteiger partial charge on any atom is -0.308 e. The fourth-order valence-corrected chi connectivity index (χ4v) is 11.4. The molecule has 12 rings (SSSR count). The van der Waals surface area contributed by atoms with E-state index in [2.05, 4.69) is 241 Å². The molecule has 0 N–H and O–H groups in total. The van der Waals surface area contributed by atoms with E-state index < -0.39 is 5.41 Å². The second-order valence-corrected chi connectivity index (χ2v) is 17.0. The summed E-state index contributed by atoms with van der Waals surface area (Å²) in [7, 11) is 0. The maximum Gasteiger partial charge on any atom is 0.0714 e. The Bertz CT molecular complexity index is 3380. The fourth-order valence-electron chi connectivity index (χ4n) is 10.2. The van der Waals surface area contributed by atoms with Crippen LogP contribution in [0.4, 0.5) is 17.1 Å². The van der Waals surface area contributed by atoms with Crippen LogP contribution in [-0.4, -0.2) is 0 Å². The summed E-state index contributed by atoms with van der Waals surface area (Å²) < 4.78 is 2.54. The van der Waals surface area contributed by atoms with Crippen LogP contribution in [0, 0.1) is 0 Å². The zero-order valence-electron chi connectivity index (χ0n) is 33.4. The van der Waals surface area contributed by atoms with E-state index in [1.165, 1.54) is 86.6 Å². The van der Waals surface area contributed by atoms with Gasteiger partial charge < -0.3 is 4.90 Å². The summed E-state index contributed by atoms with van der Waals surface area (Å²) in [6.07, 6.45) is 0. The molecule has 1 nitrogen and oxygen atoms in total. The average molecular weight is 794 g/mol. The van der Waals surface area contributed by atoms with Crippen molar-refractivity contribution in [1.82, 2.24) is 0 Å². The minimum absolute atomic E-state index is 0.526. The summed E-state index contributed by atoms with van der Waals surface area (Å²) in [5, 5.41) is 5.03. The van der Waals surface area contributed by atoms with Gasteiger partial charge in [0, 0.05) is 26.6 Å². The molecule has 61 heavy (non-hydrogen) atoms. The highest BCUT2D eigenvalue weighted by Crippen LogP contribution is 2.60. The standard InChI is InChI=1S/C59H39NS/c1-4-20-41(21-5-1)47-29-17-36-55-56(47)49-30-16-35-54(58(49)61-55)60(52-33-15-13-27-46(52)43-38-37-40-19-10-11-22-42(40)39-43)53-34-18-32-51-57(53)48-28-12-14-31-50(48)59(51,44-23-6-2-7-24-44)45-25-8-3-9-26-45/h1-39H. The molecule has 0 fully saturated rings. The van der Waals surface area contributed by atoms with Crippen molar-refractivity contribution < 1.29 is 0 Å². The van der Waals surface area contributed by atoms with Crippen LogP contribution in [-0.2, 0) is 5.41 Å². The van der Waals surface area contributed by atoms with Crippen LogP contribution >= 0.6 is 11.3 Å². The van der Waals surface area contributed by atoms with E-state index in [1.807, 2.05) is 11.3 Å². The predicted octanol–water partition coefficient (Wildman–Crippen LogP) is 16.4. The highest BCUT2D eigenvalue weighted by molar-refractivity contribution is 7.26. The molecule has 0 amide bonds. The normalized spacial score (nSPS) is 12.7. The lowest BCUT2D eigenvalue weighted by atomic mass is 9.68. The summed E-state index contributed by atoms with van der Waals surface area (Å²) in [5.41, 5.74) is 15.4. The summed E-state index contributed by atoms with van der Waals surface area (Å²) >= 11 is 1.89. The second kappa shape index (κ2) is 14.3. The smallest absolute Gasteiger partial charge is 0.0714 e. The number of para-hydroxylation sites is 1. The third kappa shape index (κ3) is 5.46. The summed E-state index contributed by atoms with van der Waals surface area (Å²) in [4.78, 5) is 2.58. The molecule has 11 aromatic rings. The molecule has 1 aliphatic rings. The van der Waals surface area contributed by atoms with Crippen molar-refractivity contribution >= 4 is 59.3 Å². The van der Waals surface area contributed by atoms with Crippen LogP contribution in [0.1, 0.15) is 22.3 Å². The molecule has 10 aromatic carbocycles. The summed E-state index contributed by atoms with van der Waals surface area (Å²) in [6.45, 7) is 0. The number of thiophene rings is 1. The third-order valence-corrected chi connectivity index (χ3v) is 13.9. The van der Waals surface area contributed by atoms with Crippen molar-refractivity contribution in [3.63, 3.8) is 0 Å².